The summed E-state index contributed by atoms with van der Waals surface area (Å²) in [6.07, 6.45) is 0. The fourth-order valence-corrected chi connectivity index (χ4v) is 8.97. The van der Waals surface area contributed by atoms with Crippen LogP contribution in [0.1, 0.15) is 0 Å². The molecule has 6 aromatic carbocycles. The first-order chi connectivity index (χ1) is 18.9. The van der Waals surface area contributed by atoms with Crippen LogP contribution in [0.2, 0.25) is 0 Å². The van der Waals surface area contributed by atoms with Gasteiger partial charge >= 0.3 is 16.8 Å². The quantitative estimate of drug-likeness (QED) is 0.223. The maximum Gasteiger partial charge on any atom is 2.00 e. The molecule has 6 rings (SSSR count). The van der Waals surface area contributed by atoms with Crippen LogP contribution in [0.25, 0.3) is 0 Å². The normalized spacial score (nSPS) is 9.80. The Morgan fingerprint density at radius 2 is 0.341 bits per heavy atom. The van der Waals surface area contributed by atoms with E-state index in [2.05, 4.69) is 182 Å². The maximum absolute atomic E-state index is 2.23. The van der Waals surface area contributed by atoms with Crippen molar-refractivity contribution >= 4 is 47.7 Å². The molecule has 0 aromatic heterocycles. The van der Waals surface area contributed by atoms with Gasteiger partial charge in [0.15, 0.2) is 0 Å². The van der Waals surface area contributed by atoms with Crippen molar-refractivity contribution in [3.05, 3.63) is 182 Å². The summed E-state index contributed by atoms with van der Waals surface area (Å²) in [6, 6.07) is 64.7. The van der Waals surface area contributed by atoms with Crippen molar-refractivity contribution in [2.75, 3.05) is 0 Å². The molecule has 5 heteroatoms. The molecule has 0 atom stereocenters. The van der Waals surface area contributed by atoms with Crippen molar-refractivity contribution in [3.8, 4) is 0 Å². The van der Waals surface area contributed by atoms with Crippen LogP contribution in [0.3, 0.4) is 0 Å². The first-order valence-corrected chi connectivity index (χ1v) is 15.5. The van der Waals surface area contributed by atoms with Gasteiger partial charge in [-0.15, -0.1) is 0 Å². The Morgan fingerprint density at radius 3 is 0.463 bits per heavy atom. The molecule has 0 heterocycles. The van der Waals surface area contributed by atoms with Gasteiger partial charge in [-0.3, -0.25) is 0 Å². The summed E-state index contributed by atoms with van der Waals surface area (Å²) in [5, 5.41) is 8.39. The second-order valence-corrected chi connectivity index (χ2v) is 13.1. The van der Waals surface area contributed by atoms with Crippen molar-refractivity contribution in [2.24, 2.45) is 0 Å². The van der Waals surface area contributed by atoms with Gasteiger partial charge in [-0.25, -0.2) is 0 Å². The number of halogens is 2. The average Bonchev–Trinajstić information content (AvgIpc) is 3.01. The minimum atomic E-state index is -0.446. The third-order valence-electron chi connectivity index (χ3n) is 6.09. The Balaban J connectivity index is 0.000000267. The molecule has 0 saturated heterocycles. The van der Waals surface area contributed by atoms with Crippen LogP contribution < -0.4 is 65.8 Å². The van der Waals surface area contributed by atoms with E-state index in [-0.39, 0.29) is 50.7 Å². The van der Waals surface area contributed by atoms with E-state index in [1.165, 1.54) is 31.8 Å². The Bertz CT molecular complexity index is 1180. The predicted octanol–water partition coefficient (Wildman–Crippen LogP) is 0.895. The van der Waals surface area contributed by atoms with Crippen molar-refractivity contribution in [3.63, 3.8) is 0 Å². The van der Waals surface area contributed by atoms with Crippen LogP contribution in [0.4, 0.5) is 0 Å². The Kier molecular flexibility index (Phi) is 16.1. The number of hydrogen-bond acceptors (Lipinski definition) is 0. The standard InChI is InChI=1S/2C18H15P.2BrH.Co/c2*1-4-10-16(11-5-1)19(17-12-6-2-7-13-17)18-14-8-3-9-15-18;;;/h2*1-15H;2*1H;/q;;;;+2/p-2. The molecule has 0 aliphatic rings. The fraction of sp³-hybridized carbons (Fsp3) is 0. The summed E-state index contributed by atoms with van der Waals surface area (Å²) in [6.45, 7) is 0. The van der Waals surface area contributed by atoms with E-state index in [0.29, 0.717) is 0 Å². The summed E-state index contributed by atoms with van der Waals surface area (Å²) in [5.74, 6) is 0. The molecule has 41 heavy (non-hydrogen) atoms. The number of rotatable bonds is 6. The zero-order valence-electron chi connectivity index (χ0n) is 22.3. The van der Waals surface area contributed by atoms with Gasteiger partial charge in [0.2, 0.25) is 0 Å². The molecule has 0 saturated carbocycles. The van der Waals surface area contributed by atoms with E-state index in [4.69, 9.17) is 0 Å². The van der Waals surface area contributed by atoms with Gasteiger partial charge < -0.3 is 34.0 Å². The van der Waals surface area contributed by atoms with Crippen molar-refractivity contribution in [1.29, 1.82) is 0 Å². The van der Waals surface area contributed by atoms with Crippen LogP contribution in [-0.2, 0) is 16.8 Å². The predicted molar refractivity (Wildman–Crippen MR) is 170 cm³/mol. The van der Waals surface area contributed by atoms with Crippen LogP contribution >= 0.6 is 15.8 Å². The average molecular weight is 743 g/mol. The summed E-state index contributed by atoms with van der Waals surface area (Å²) in [5.41, 5.74) is 0. The second-order valence-electron chi connectivity index (χ2n) is 8.68. The zero-order valence-corrected chi connectivity index (χ0v) is 28.3. The van der Waals surface area contributed by atoms with Gasteiger partial charge in [-0.1, -0.05) is 182 Å². The third-order valence-corrected chi connectivity index (χ3v) is 11.0. The van der Waals surface area contributed by atoms with Gasteiger partial charge in [0.1, 0.15) is 0 Å². The molecule has 207 valence electrons. The minimum absolute atomic E-state index is 0. The zero-order chi connectivity index (χ0) is 25.8. The Labute approximate surface area is 278 Å². The summed E-state index contributed by atoms with van der Waals surface area (Å²) >= 11 is 0. The molecule has 6 aromatic rings. The van der Waals surface area contributed by atoms with Gasteiger partial charge in [0, 0.05) is 0 Å². The van der Waals surface area contributed by atoms with E-state index in [1.807, 2.05) is 0 Å². The summed E-state index contributed by atoms with van der Waals surface area (Å²) < 4.78 is 0. The molecule has 0 nitrogen and oxygen atoms in total. The van der Waals surface area contributed by atoms with E-state index in [9.17, 15) is 0 Å². The number of benzene rings is 6. The van der Waals surface area contributed by atoms with Crippen molar-refractivity contribution < 1.29 is 50.7 Å². The van der Waals surface area contributed by atoms with Crippen LogP contribution in [0.15, 0.2) is 182 Å². The van der Waals surface area contributed by atoms with Crippen molar-refractivity contribution in [1.82, 2.24) is 0 Å². The van der Waals surface area contributed by atoms with E-state index >= 15 is 0 Å². The minimum Gasteiger partial charge on any atom is -1.00 e. The Morgan fingerprint density at radius 1 is 0.220 bits per heavy atom. The van der Waals surface area contributed by atoms with Crippen molar-refractivity contribution in [2.45, 2.75) is 0 Å². The monoisotopic (exact) mass is 741 g/mol. The molecule has 0 N–H and O–H groups in total. The molecule has 0 spiro atoms. The summed E-state index contributed by atoms with van der Waals surface area (Å²) in [7, 11) is -0.892. The van der Waals surface area contributed by atoms with Gasteiger partial charge in [-0.2, -0.15) is 0 Å². The van der Waals surface area contributed by atoms with E-state index in [1.54, 1.807) is 0 Å². The first kappa shape index (κ1) is 34.8. The van der Waals surface area contributed by atoms with E-state index < -0.39 is 15.8 Å². The van der Waals surface area contributed by atoms with Crippen LogP contribution in [0, 0.1) is 0 Å². The van der Waals surface area contributed by atoms with Gasteiger partial charge in [-0.05, 0) is 47.7 Å². The Hall–Kier alpha value is -2.35. The molecule has 0 aliphatic carbocycles. The first-order valence-electron chi connectivity index (χ1n) is 12.8. The topological polar surface area (TPSA) is 0 Å². The molecule has 0 aliphatic heterocycles. The molecule has 1 radical (unpaired) electrons. The van der Waals surface area contributed by atoms with Gasteiger partial charge in [0.05, 0.1) is 0 Å². The second kappa shape index (κ2) is 19.0. The van der Waals surface area contributed by atoms with Gasteiger partial charge in [0.25, 0.3) is 0 Å². The van der Waals surface area contributed by atoms with Crippen LogP contribution in [-0.4, -0.2) is 0 Å². The smallest absolute Gasteiger partial charge is 1.00 e. The summed E-state index contributed by atoms with van der Waals surface area (Å²) in [4.78, 5) is 0. The molecule has 0 unspecified atom stereocenters. The number of hydrogen-bond donors (Lipinski definition) is 0. The fourth-order valence-electron chi connectivity index (χ4n) is 4.36. The maximum atomic E-state index is 2.23. The molecule has 0 amide bonds. The van der Waals surface area contributed by atoms with Crippen LogP contribution in [0.5, 0.6) is 0 Å². The molecular formula is C36H30Br2CoP2. The van der Waals surface area contributed by atoms with E-state index in [0.717, 1.165) is 0 Å². The molecule has 0 fully saturated rings. The molecule has 0 bridgehead atoms. The SMILES string of the molecule is [Br-].[Br-].[Co+2].c1ccc(P(c2ccccc2)c2ccccc2)cc1.c1ccc(P(c2ccccc2)c2ccccc2)cc1. The largest absolute Gasteiger partial charge is 2.00 e. The molecular weight excluding hydrogens is 713 g/mol. The third kappa shape index (κ3) is 9.86.